The molecule has 110 valence electrons. The highest BCUT2D eigenvalue weighted by Crippen LogP contribution is 2.29. The second-order valence-electron chi connectivity index (χ2n) is 4.06. The van der Waals surface area contributed by atoms with Crippen molar-refractivity contribution >= 4 is 17.4 Å². The van der Waals surface area contributed by atoms with Crippen molar-refractivity contribution < 1.29 is 14.3 Å². The van der Waals surface area contributed by atoms with Gasteiger partial charge in [0.15, 0.2) is 5.82 Å². The summed E-state index contributed by atoms with van der Waals surface area (Å²) in [5.74, 6) is 6.42. The lowest BCUT2D eigenvalue weighted by Gasteiger charge is -2.12. The van der Waals surface area contributed by atoms with Crippen LogP contribution in [0, 0.1) is 0 Å². The molecule has 0 saturated heterocycles. The predicted octanol–water partition coefficient (Wildman–Crippen LogP) is 1.64. The zero-order valence-electron chi connectivity index (χ0n) is 11.7. The van der Waals surface area contributed by atoms with Crippen molar-refractivity contribution in [1.29, 1.82) is 0 Å². The van der Waals surface area contributed by atoms with Gasteiger partial charge in [0.2, 0.25) is 0 Å². The summed E-state index contributed by atoms with van der Waals surface area (Å²) in [6, 6.07) is 8.38. The average Bonchev–Trinajstić information content (AvgIpc) is 2.55. The van der Waals surface area contributed by atoms with E-state index in [1.54, 1.807) is 43.6 Å². The Morgan fingerprint density at radius 2 is 2.05 bits per heavy atom. The lowest BCUT2D eigenvalue weighted by molar-refractivity contribution is 0.102. The number of nitrogens with two attached hydrogens (primary N) is 1. The van der Waals surface area contributed by atoms with Gasteiger partial charge in [0.1, 0.15) is 11.5 Å². The molecule has 21 heavy (non-hydrogen) atoms. The lowest BCUT2D eigenvalue weighted by Crippen LogP contribution is -2.18. The largest absolute Gasteiger partial charge is 0.497 e. The third-order valence-corrected chi connectivity index (χ3v) is 2.85. The number of carbonyl (C=O) groups is 1. The third kappa shape index (κ3) is 3.21. The Bertz CT molecular complexity index is 646. The summed E-state index contributed by atoms with van der Waals surface area (Å²) >= 11 is 0. The summed E-state index contributed by atoms with van der Waals surface area (Å²) in [6.45, 7) is 0. The van der Waals surface area contributed by atoms with E-state index in [1.807, 2.05) is 0 Å². The molecule has 1 amide bonds. The molecule has 1 aromatic carbocycles. The van der Waals surface area contributed by atoms with Gasteiger partial charge in [-0.25, -0.2) is 10.8 Å². The Morgan fingerprint density at radius 3 is 2.71 bits per heavy atom. The Morgan fingerprint density at radius 1 is 1.24 bits per heavy atom. The van der Waals surface area contributed by atoms with E-state index in [0.29, 0.717) is 28.6 Å². The van der Waals surface area contributed by atoms with Crippen molar-refractivity contribution in [1.82, 2.24) is 4.98 Å². The van der Waals surface area contributed by atoms with Crippen molar-refractivity contribution in [2.45, 2.75) is 0 Å². The number of nitrogens with zero attached hydrogens (tertiary/aromatic N) is 1. The molecule has 0 aliphatic carbocycles. The fraction of sp³-hybridized carbons (Fsp3) is 0.143. The second-order valence-corrected chi connectivity index (χ2v) is 4.06. The van der Waals surface area contributed by atoms with Crippen LogP contribution in [0.2, 0.25) is 0 Å². The number of hydrogen-bond donors (Lipinski definition) is 3. The number of hydrogen-bond acceptors (Lipinski definition) is 6. The summed E-state index contributed by atoms with van der Waals surface area (Å²) in [4.78, 5) is 16.3. The van der Waals surface area contributed by atoms with Crippen molar-refractivity contribution in [3.05, 3.63) is 42.1 Å². The van der Waals surface area contributed by atoms with Crippen LogP contribution in [0.15, 0.2) is 36.5 Å². The molecule has 2 aromatic rings. The van der Waals surface area contributed by atoms with Crippen LogP contribution >= 0.6 is 0 Å². The van der Waals surface area contributed by atoms with Gasteiger partial charge in [-0.1, -0.05) is 0 Å². The number of anilines is 2. The van der Waals surface area contributed by atoms with Crippen molar-refractivity contribution in [2.24, 2.45) is 5.84 Å². The number of nitrogen functional groups attached to an aromatic ring is 1. The van der Waals surface area contributed by atoms with E-state index in [2.05, 4.69) is 15.7 Å². The van der Waals surface area contributed by atoms with Gasteiger partial charge in [0.25, 0.3) is 5.91 Å². The maximum atomic E-state index is 12.3. The van der Waals surface area contributed by atoms with Gasteiger partial charge in [0, 0.05) is 12.3 Å². The minimum Gasteiger partial charge on any atom is -0.497 e. The molecule has 0 atom stereocenters. The summed E-state index contributed by atoms with van der Waals surface area (Å²) < 4.78 is 10.3. The Balaban J connectivity index is 2.27. The van der Waals surface area contributed by atoms with E-state index >= 15 is 0 Å². The van der Waals surface area contributed by atoms with Crippen LogP contribution in [0.4, 0.5) is 11.5 Å². The van der Waals surface area contributed by atoms with Gasteiger partial charge in [-0.05, 0) is 24.3 Å². The fourth-order valence-electron chi connectivity index (χ4n) is 1.79. The maximum Gasteiger partial charge on any atom is 0.259 e. The lowest BCUT2D eigenvalue weighted by atomic mass is 10.2. The second kappa shape index (κ2) is 6.58. The third-order valence-electron chi connectivity index (χ3n) is 2.85. The number of amides is 1. The van der Waals surface area contributed by atoms with E-state index < -0.39 is 0 Å². The van der Waals surface area contributed by atoms with Crippen molar-refractivity contribution in [3.8, 4) is 11.5 Å². The van der Waals surface area contributed by atoms with E-state index in [4.69, 9.17) is 15.3 Å². The van der Waals surface area contributed by atoms with E-state index in [-0.39, 0.29) is 5.91 Å². The van der Waals surface area contributed by atoms with Crippen LogP contribution < -0.4 is 26.1 Å². The number of ether oxygens (including phenoxy) is 2. The van der Waals surface area contributed by atoms with Crippen LogP contribution in [0.25, 0.3) is 0 Å². The van der Waals surface area contributed by atoms with Crippen LogP contribution in [0.1, 0.15) is 10.4 Å². The smallest absolute Gasteiger partial charge is 0.259 e. The molecule has 7 nitrogen and oxygen atoms in total. The topological polar surface area (TPSA) is 98.5 Å². The van der Waals surface area contributed by atoms with Gasteiger partial charge in [0.05, 0.1) is 25.5 Å². The molecule has 0 aliphatic rings. The first-order valence-corrected chi connectivity index (χ1v) is 6.14. The molecule has 0 aliphatic heterocycles. The predicted molar refractivity (Wildman–Crippen MR) is 79.5 cm³/mol. The summed E-state index contributed by atoms with van der Waals surface area (Å²) in [5.41, 5.74) is 3.24. The molecule has 2 rings (SSSR count). The molecule has 0 saturated carbocycles. The number of carbonyl (C=O) groups excluding carboxylic acids is 1. The normalized spacial score (nSPS) is 9.86. The molecule has 0 fully saturated rings. The zero-order chi connectivity index (χ0) is 15.2. The van der Waals surface area contributed by atoms with Crippen LogP contribution in [-0.2, 0) is 0 Å². The van der Waals surface area contributed by atoms with Gasteiger partial charge in [-0.2, -0.15) is 0 Å². The minimum atomic E-state index is -0.348. The molecule has 0 radical (unpaired) electrons. The summed E-state index contributed by atoms with van der Waals surface area (Å²) in [7, 11) is 3.07. The molecular formula is C14H16N4O3. The van der Waals surface area contributed by atoms with Crippen LogP contribution in [-0.4, -0.2) is 25.1 Å². The monoisotopic (exact) mass is 288 g/mol. The molecule has 0 bridgehead atoms. The number of pyridine rings is 1. The molecule has 1 aromatic heterocycles. The van der Waals surface area contributed by atoms with Crippen molar-refractivity contribution in [2.75, 3.05) is 25.0 Å². The highest BCUT2D eigenvalue weighted by molar-refractivity contribution is 6.08. The summed E-state index contributed by atoms with van der Waals surface area (Å²) in [6.07, 6.45) is 1.54. The number of rotatable bonds is 5. The standard InChI is InChI=1S/C14H16N4O3/c1-20-9-5-6-11(12(8-9)21-2)17-14(19)10-4-3-7-16-13(10)18-15/h3-8H,15H2,1-2H3,(H,16,18)(H,17,19). The number of nitrogens with one attached hydrogen (secondary N) is 2. The summed E-state index contributed by atoms with van der Waals surface area (Å²) in [5, 5.41) is 2.75. The molecule has 7 heteroatoms. The molecule has 4 N–H and O–H groups in total. The van der Waals surface area contributed by atoms with Gasteiger partial charge >= 0.3 is 0 Å². The highest BCUT2D eigenvalue weighted by Gasteiger charge is 2.14. The Hall–Kier alpha value is -2.80. The van der Waals surface area contributed by atoms with Gasteiger partial charge in [-0.3, -0.25) is 4.79 Å². The van der Waals surface area contributed by atoms with Crippen molar-refractivity contribution in [3.63, 3.8) is 0 Å². The highest BCUT2D eigenvalue weighted by atomic mass is 16.5. The Kier molecular flexibility index (Phi) is 4.57. The number of hydrazine groups is 1. The number of benzene rings is 1. The maximum absolute atomic E-state index is 12.3. The van der Waals surface area contributed by atoms with Gasteiger partial charge < -0.3 is 20.2 Å². The molecule has 0 spiro atoms. The van der Waals surface area contributed by atoms with Crippen LogP contribution in [0.3, 0.4) is 0 Å². The van der Waals surface area contributed by atoms with E-state index in [9.17, 15) is 4.79 Å². The van der Waals surface area contributed by atoms with Gasteiger partial charge in [-0.15, -0.1) is 0 Å². The quantitative estimate of drug-likeness (QED) is 0.571. The average molecular weight is 288 g/mol. The number of methoxy groups -OCH3 is 2. The SMILES string of the molecule is COc1ccc(NC(=O)c2cccnc2NN)c(OC)c1. The van der Waals surface area contributed by atoms with Crippen LogP contribution in [0.5, 0.6) is 11.5 Å². The molecule has 0 unspecified atom stereocenters. The molecule has 1 heterocycles. The first-order chi connectivity index (χ1) is 10.2. The first kappa shape index (κ1) is 14.6. The fourth-order valence-corrected chi connectivity index (χ4v) is 1.79. The van der Waals surface area contributed by atoms with E-state index in [1.165, 1.54) is 7.11 Å². The minimum absolute atomic E-state index is 0.294. The Labute approximate surface area is 122 Å². The number of aromatic nitrogens is 1. The van der Waals surface area contributed by atoms with E-state index in [0.717, 1.165) is 0 Å². The molecular weight excluding hydrogens is 272 g/mol. The first-order valence-electron chi connectivity index (χ1n) is 6.14. The zero-order valence-corrected chi connectivity index (χ0v) is 11.7.